The Bertz CT molecular complexity index is 475. The molecule has 0 saturated heterocycles. The number of halogens is 1. The highest BCUT2D eigenvalue weighted by molar-refractivity contribution is 5.96. The minimum atomic E-state index is -0.753. The third-order valence-corrected chi connectivity index (χ3v) is 2.28. The molecule has 1 amide bonds. The Kier molecular flexibility index (Phi) is 5.29. The van der Waals surface area contributed by atoms with Crippen LogP contribution in [0.1, 0.15) is 24.2 Å². The lowest BCUT2D eigenvalue weighted by Gasteiger charge is -2.09. The van der Waals surface area contributed by atoms with Crippen molar-refractivity contribution in [3.63, 3.8) is 0 Å². The number of amides is 1. The summed E-state index contributed by atoms with van der Waals surface area (Å²) in [5.41, 5.74) is 5.50. The molecule has 0 radical (unpaired) electrons. The largest absolute Gasteiger partial charge is 0.452 e. The number of nitrogens with one attached hydrogen (secondary N) is 1. The molecule has 0 spiro atoms. The fraction of sp³-hybridized carbons (Fsp3) is 0.385. The van der Waals surface area contributed by atoms with E-state index < -0.39 is 11.8 Å². The van der Waals surface area contributed by atoms with Crippen molar-refractivity contribution in [2.75, 3.05) is 18.9 Å². The lowest BCUT2D eigenvalue weighted by atomic mass is 10.2. The Morgan fingerprint density at radius 1 is 1.42 bits per heavy atom. The molecule has 5 nitrogen and oxygen atoms in total. The van der Waals surface area contributed by atoms with E-state index >= 15 is 0 Å². The number of rotatable bonds is 5. The van der Waals surface area contributed by atoms with Crippen LogP contribution in [-0.4, -0.2) is 25.0 Å². The van der Waals surface area contributed by atoms with Crippen LogP contribution < -0.4 is 11.1 Å². The summed E-state index contributed by atoms with van der Waals surface area (Å²) in [6.45, 7) is 4.02. The standard InChI is InChI=1S/C13H17FN2O3/c1-8(2)6-16-12(17)7-19-13(18)10-4-3-9(14)5-11(10)15/h3-5,8H,6-7,15H2,1-2H3,(H,16,17). The first-order valence-electron chi connectivity index (χ1n) is 5.89. The molecule has 1 aromatic carbocycles. The zero-order chi connectivity index (χ0) is 14.4. The Morgan fingerprint density at radius 3 is 2.68 bits per heavy atom. The number of anilines is 1. The van der Waals surface area contributed by atoms with Crippen LogP contribution in [0.15, 0.2) is 18.2 Å². The van der Waals surface area contributed by atoms with Crippen molar-refractivity contribution in [2.45, 2.75) is 13.8 Å². The second kappa shape index (κ2) is 6.72. The van der Waals surface area contributed by atoms with Gasteiger partial charge in [-0.3, -0.25) is 4.79 Å². The van der Waals surface area contributed by atoms with Crippen molar-refractivity contribution in [2.24, 2.45) is 5.92 Å². The molecule has 0 aliphatic heterocycles. The summed E-state index contributed by atoms with van der Waals surface area (Å²) in [6.07, 6.45) is 0. The normalized spacial score (nSPS) is 10.3. The van der Waals surface area contributed by atoms with Crippen molar-refractivity contribution >= 4 is 17.6 Å². The van der Waals surface area contributed by atoms with Crippen LogP contribution in [0.5, 0.6) is 0 Å². The monoisotopic (exact) mass is 268 g/mol. The zero-order valence-electron chi connectivity index (χ0n) is 10.9. The molecule has 0 bridgehead atoms. The molecule has 1 aromatic rings. The zero-order valence-corrected chi connectivity index (χ0v) is 10.9. The van der Waals surface area contributed by atoms with Gasteiger partial charge in [-0.15, -0.1) is 0 Å². The van der Waals surface area contributed by atoms with E-state index in [2.05, 4.69) is 5.32 Å². The Hall–Kier alpha value is -2.11. The van der Waals surface area contributed by atoms with Crippen LogP contribution in [0.3, 0.4) is 0 Å². The maximum atomic E-state index is 12.8. The van der Waals surface area contributed by atoms with Gasteiger partial charge in [0.1, 0.15) is 5.82 Å². The fourth-order valence-electron chi connectivity index (χ4n) is 1.30. The molecule has 0 unspecified atom stereocenters. The average Bonchev–Trinajstić information content (AvgIpc) is 2.33. The van der Waals surface area contributed by atoms with Crippen molar-refractivity contribution in [1.29, 1.82) is 0 Å². The van der Waals surface area contributed by atoms with Gasteiger partial charge in [-0.2, -0.15) is 0 Å². The van der Waals surface area contributed by atoms with Crippen molar-refractivity contribution < 1.29 is 18.7 Å². The van der Waals surface area contributed by atoms with Crippen LogP contribution in [0.2, 0.25) is 0 Å². The third-order valence-electron chi connectivity index (χ3n) is 2.28. The van der Waals surface area contributed by atoms with E-state index in [-0.39, 0.29) is 23.8 Å². The van der Waals surface area contributed by atoms with Gasteiger partial charge in [0.05, 0.1) is 5.56 Å². The smallest absolute Gasteiger partial charge is 0.340 e. The summed E-state index contributed by atoms with van der Waals surface area (Å²) in [6, 6.07) is 3.35. The molecule has 0 saturated carbocycles. The lowest BCUT2D eigenvalue weighted by Crippen LogP contribution is -2.31. The van der Waals surface area contributed by atoms with Gasteiger partial charge < -0.3 is 15.8 Å². The van der Waals surface area contributed by atoms with Crippen molar-refractivity contribution in [3.8, 4) is 0 Å². The van der Waals surface area contributed by atoms with Gasteiger partial charge in [0.25, 0.3) is 5.91 Å². The number of hydrogen-bond donors (Lipinski definition) is 2. The molecule has 6 heteroatoms. The molecular weight excluding hydrogens is 251 g/mol. The van der Waals surface area contributed by atoms with Crippen LogP contribution in [0, 0.1) is 11.7 Å². The van der Waals surface area contributed by atoms with Gasteiger partial charge >= 0.3 is 5.97 Å². The summed E-state index contributed by atoms with van der Waals surface area (Å²) in [5, 5.41) is 2.61. The van der Waals surface area contributed by atoms with Crippen LogP contribution in [0.4, 0.5) is 10.1 Å². The number of nitrogen functional groups attached to an aromatic ring is 1. The first kappa shape index (κ1) is 14.9. The minimum Gasteiger partial charge on any atom is -0.452 e. The summed E-state index contributed by atoms with van der Waals surface area (Å²) in [7, 11) is 0. The summed E-state index contributed by atoms with van der Waals surface area (Å²) in [5.74, 6) is -1.36. The predicted octanol–water partition coefficient (Wildman–Crippen LogP) is 1.34. The van der Waals surface area contributed by atoms with Gasteiger partial charge in [0.15, 0.2) is 6.61 Å². The highest BCUT2D eigenvalue weighted by Crippen LogP contribution is 2.14. The molecule has 0 atom stereocenters. The Labute approximate surface area is 110 Å². The number of ether oxygens (including phenoxy) is 1. The minimum absolute atomic E-state index is 0.0208. The van der Waals surface area contributed by atoms with E-state index in [0.29, 0.717) is 12.5 Å². The second-order valence-corrected chi connectivity index (χ2v) is 4.51. The van der Waals surface area contributed by atoms with E-state index in [1.54, 1.807) is 0 Å². The molecule has 104 valence electrons. The van der Waals surface area contributed by atoms with Crippen molar-refractivity contribution in [1.82, 2.24) is 5.32 Å². The van der Waals surface area contributed by atoms with Gasteiger partial charge in [-0.25, -0.2) is 9.18 Å². The molecule has 0 aliphatic carbocycles. The molecule has 0 aromatic heterocycles. The number of benzene rings is 1. The molecule has 0 heterocycles. The molecule has 19 heavy (non-hydrogen) atoms. The number of hydrogen-bond acceptors (Lipinski definition) is 4. The molecule has 0 fully saturated rings. The Morgan fingerprint density at radius 2 is 2.11 bits per heavy atom. The summed E-state index contributed by atoms with van der Waals surface area (Å²) in [4.78, 5) is 23.0. The molecule has 3 N–H and O–H groups in total. The van der Waals surface area contributed by atoms with Crippen LogP contribution >= 0.6 is 0 Å². The topological polar surface area (TPSA) is 81.4 Å². The van der Waals surface area contributed by atoms with E-state index in [1.807, 2.05) is 13.8 Å². The third kappa shape index (κ3) is 4.95. The van der Waals surface area contributed by atoms with Gasteiger partial charge in [-0.1, -0.05) is 13.8 Å². The first-order chi connectivity index (χ1) is 8.90. The summed E-state index contributed by atoms with van der Waals surface area (Å²) >= 11 is 0. The van der Waals surface area contributed by atoms with Gasteiger partial charge in [0, 0.05) is 12.2 Å². The lowest BCUT2D eigenvalue weighted by molar-refractivity contribution is -0.124. The van der Waals surface area contributed by atoms with E-state index in [1.165, 1.54) is 6.07 Å². The SMILES string of the molecule is CC(C)CNC(=O)COC(=O)c1ccc(F)cc1N. The number of esters is 1. The van der Waals surface area contributed by atoms with Crippen LogP contribution in [0.25, 0.3) is 0 Å². The molecular formula is C13H17FN2O3. The maximum Gasteiger partial charge on any atom is 0.340 e. The first-order valence-corrected chi connectivity index (χ1v) is 5.89. The highest BCUT2D eigenvalue weighted by Gasteiger charge is 2.13. The Balaban J connectivity index is 2.49. The quantitative estimate of drug-likeness (QED) is 0.623. The molecule has 1 rings (SSSR count). The second-order valence-electron chi connectivity index (χ2n) is 4.51. The predicted molar refractivity (Wildman–Crippen MR) is 68.9 cm³/mol. The van der Waals surface area contributed by atoms with E-state index in [9.17, 15) is 14.0 Å². The van der Waals surface area contributed by atoms with E-state index in [4.69, 9.17) is 10.5 Å². The van der Waals surface area contributed by atoms with Gasteiger partial charge in [-0.05, 0) is 24.1 Å². The molecule has 0 aliphatic rings. The maximum absolute atomic E-state index is 12.8. The number of carbonyl (C=O) groups is 2. The van der Waals surface area contributed by atoms with Crippen molar-refractivity contribution in [3.05, 3.63) is 29.6 Å². The summed E-state index contributed by atoms with van der Waals surface area (Å²) < 4.78 is 17.6. The fourth-order valence-corrected chi connectivity index (χ4v) is 1.30. The average molecular weight is 268 g/mol. The van der Waals surface area contributed by atoms with E-state index in [0.717, 1.165) is 12.1 Å². The van der Waals surface area contributed by atoms with Gasteiger partial charge in [0.2, 0.25) is 0 Å². The number of nitrogens with two attached hydrogens (primary N) is 1. The van der Waals surface area contributed by atoms with Crippen LogP contribution in [-0.2, 0) is 9.53 Å². The number of carbonyl (C=O) groups excluding carboxylic acids is 2. The highest BCUT2D eigenvalue weighted by atomic mass is 19.1.